The van der Waals surface area contributed by atoms with Crippen LogP contribution in [0.1, 0.15) is 31.1 Å². The molecule has 0 radical (unpaired) electrons. The molecule has 0 atom stereocenters. The summed E-state index contributed by atoms with van der Waals surface area (Å²) in [6.07, 6.45) is 2.66. The van der Waals surface area contributed by atoms with E-state index in [0.29, 0.717) is 5.56 Å². The van der Waals surface area contributed by atoms with Crippen molar-refractivity contribution in [3.05, 3.63) is 27.7 Å². The molecule has 17 heavy (non-hydrogen) atoms. The third-order valence-corrected chi connectivity index (χ3v) is 3.99. The molecule has 0 amide bonds. The first kappa shape index (κ1) is 12.5. The van der Waals surface area contributed by atoms with E-state index in [-0.39, 0.29) is 5.54 Å². The number of hydrogen-bond acceptors (Lipinski definition) is 3. The zero-order valence-electron chi connectivity index (χ0n) is 9.90. The standard InChI is InChI=1S/C12H13BrN2OS/c1-12(2,3)15-6-8(7-16)11(14-15)9-4-5-10(13)17-9/h4-7H,1-3H3. The molecule has 0 aliphatic carbocycles. The quantitative estimate of drug-likeness (QED) is 0.787. The van der Waals surface area contributed by atoms with Crippen molar-refractivity contribution in [1.29, 1.82) is 0 Å². The number of carbonyl (C=O) groups is 1. The van der Waals surface area contributed by atoms with Gasteiger partial charge in [-0.05, 0) is 48.8 Å². The topological polar surface area (TPSA) is 34.9 Å². The zero-order chi connectivity index (χ0) is 12.6. The van der Waals surface area contributed by atoms with Crippen LogP contribution in [0, 0.1) is 0 Å². The van der Waals surface area contributed by atoms with Crippen molar-refractivity contribution in [1.82, 2.24) is 9.78 Å². The number of carbonyl (C=O) groups excluding carboxylic acids is 1. The first-order valence-corrected chi connectivity index (χ1v) is 6.84. The predicted molar refractivity (Wildman–Crippen MR) is 73.6 cm³/mol. The summed E-state index contributed by atoms with van der Waals surface area (Å²) in [5.74, 6) is 0. The van der Waals surface area contributed by atoms with Crippen molar-refractivity contribution in [2.45, 2.75) is 26.3 Å². The van der Waals surface area contributed by atoms with Gasteiger partial charge in [0.1, 0.15) is 5.69 Å². The fraction of sp³-hybridized carbons (Fsp3) is 0.333. The molecule has 0 saturated heterocycles. The van der Waals surface area contributed by atoms with E-state index in [4.69, 9.17) is 0 Å². The summed E-state index contributed by atoms with van der Waals surface area (Å²) in [5.41, 5.74) is 1.27. The molecular weight excluding hydrogens is 300 g/mol. The van der Waals surface area contributed by atoms with E-state index in [0.717, 1.165) is 20.6 Å². The van der Waals surface area contributed by atoms with E-state index in [1.807, 2.05) is 16.8 Å². The SMILES string of the molecule is CC(C)(C)n1cc(C=O)c(-c2ccc(Br)s2)n1. The second kappa shape index (κ2) is 4.38. The predicted octanol–water partition coefficient (Wildman–Crippen LogP) is 3.94. The van der Waals surface area contributed by atoms with Crippen LogP contribution in [-0.2, 0) is 5.54 Å². The van der Waals surface area contributed by atoms with Crippen LogP contribution >= 0.6 is 27.3 Å². The smallest absolute Gasteiger partial charge is 0.153 e. The minimum Gasteiger partial charge on any atom is -0.298 e. The van der Waals surface area contributed by atoms with Gasteiger partial charge in [0, 0.05) is 6.20 Å². The van der Waals surface area contributed by atoms with Gasteiger partial charge in [-0.3, -0.25) is 9.48 Å². The van der Waals surface area contributed by atoms with Crippen molar-refractivity contribution < 1.29 is 4.79 Å². The second-order valence-corrected chi connectivity index (χ2v) is 7.23. The van der Waals surface area contributed by atoms with E-state index in [1.54, 1.807) is 17.5 Å². The van der Waals surface area contributed by atoms with E-state index in [1.165, 1.54) is 0 Å². The summed E-state index contributed by atoms with van der Waals surface area (Å²) < 4.78 is 2.87. The van der Waals surface area contributed by atoms with Gasteiger partial charge in [-0.2, -0.15) is 5.10 Å². The maximum absolute atomic E-state index is 11.1. The summed E-state index contributed by atoms with van der Waals surface area (Å²) in [6.45, 7) is 6.17. The van der Waals surface area contributed by atoms with Crippen LogP contribution in [0.4, 0.5) is 0 Å². The summed E-state index contributed by atoms with van der Waals surface area (Å²) in [4.78, 5) is 12.1. The lowest BCUT2D eigenvalue weighted by Gasteiger charge is -2.18. The molecular formula is C12H13BrN2OS. The Morgan fingerprint density at radius 2 is 2.12 bits per heavy atom. The maximum Gasteiger partial charge on any atom is 0.153 e. The van der Waals surface area contributed by atoms with E-state index < -0.39 is 0 Å². The Balaban J connectivity index is 2.54. The molecule has 3 nitrogen and oxygen atoms in total. The summed E-state index contributed by atoms with van der Waals surface area (Å²) in [6, 6.07) is 3.93. The Labute approximate surface area is 113 Å². The first-order chi connectivity index (χ1) is 7.91. The van der Waals surface area contributed by atoms with Crippen molar-refractivity contribution in [2.24, 2.45) is 0 Å². The lowest BCUT2D eigenvalue weighted by Crippen LogP contribution is -2.22. The lowest BCUT2D eigenvalue weighted by molar-refractivity contribution is 0.112. The van der Waals surface area contributed by atoms with Gasteiger partial charge in [-0.15, -0.1) is 11.3 Å². The van der Waals surface area contributed by atoms with E-state index >= 15 is 0 Å². The zero-order valence-corrected chi connectivity index (χ0v) is 12.3. The Bertz CT molecular complexity index is 551. The Hall–Kier alpha value is -0.940. The number of halogens is 1. The highest BCUT2D eigenvalue weighted by atomic mass is 79.9. The average Bonchev–Trinajstić information content (AvgIpc) is 2.81. The number of nitrogens with zero attached hydrogens (tertiary/aromatic N) is 2. The van der Waals surface area contributed by atoms with Crippen molar-refractivity contribution in [2.75, 3.05) is 0 Å². The molecule has 0 saturated carbocycles. The van der Waals surface area contributed by atoms with Crippen molar-refractivity contribution in [3.63, 3.8) is 0 Å². The molecule has 0 fully saturated rings. The fourth-order valence-electron chi connectivity index (χ4n) is 1.45. The molecule has 2 aromatic heterocycles. The maximum atomic E-state index is 11.1. The van der Waals surface area contributed by atoms with Gasteiger partial charge < -0.3 is 0 Å². The monoisotopic (exact) mass is 312 g/mol. The molecule has 0 aromatic carbocycles. The van der Waals surface area contributed by atoms with Crippen LogP contribution in [0.2, 0.25) is 0 Å². The van der Waals surface area contributed by atoms with Gasteiger partial charge in [0.25, 0.3) is 0 Å². The number of thiophene rings is 1. The molecule has 5 heteroatoms. The van der Waals surface area contributed by atoms with Gasteiger partial charge in [0.05, 0.1) is 19.8 Å². The minimum atomic E-state index is -0.121. The molecule has 0 aliphatic rings. The minimum absolute atomic E-state index is 0.121. The summed E-state index contributed by atoms with van der Waals surface area (Å²) in [5, 5.41) is 4.51. The molecule has 2 heterocycles. The van der Waals surface area contributed by atoms with Crippen LogP contribution in [0.3, 0.4) is 0 Å². The highest BCUT2D eigenvalue weighted by Gasteiger charge is 2.19. The van der Waals surface area contributed by atoms with Gasteiger partial charge in [-0.25, -0.2) is 0 Å². The third kappa shape index (κ3) is 2.50. The number of rotatable bonds is 2. The normalized spacial score (nSPS) is 11.8. The molecule has 0 unspecified atom stereocenters. The van der Waals surface area contributed by atoms with Gasteiger partial charge in [0.15, 0.2) is 6.29 Å². The van der Waals surface area contributed by atoms with Gasteiger partial charge in [-0.1, -0.05) is 0 Å². The first-order valence-electron chi connectivity index (χ1n) is 5.23. The molecule has 0 spiro atoms. The van der Waals surface area contributed by atoms with Gasteiger partial charge in [0.2, 0.25) is 0 Å². The van der Waals surface area contributed by atoms with Crippen molar-refractivity contribution in [3.8, 4) is 10.6 Å². The van der Waals surface area contributed by atoms with Gasteiger partial charge >= 0.3 is 0 Å². The Morgan fingerprint density at radius 1 is 1.41 bits per heavy atom. The van der Waals surface area contributed by atoms with E-state index in [2.05, 4.69) is 41.8 Å². The lowest BCUT2D eigenvalue weighted by atomic mass is 10.1. The molecule has 90 valence electrons. The van der Waals surface area contributed by atoms with E-state index in [9.17, 15) is 4.79 Å². The van der Waals surface area contributed by atoms with Crippen LogP contribution in [0.25, 0.3) is 10.6 Å². The Kier molecular flexibility index (Phi) is 3.23. The highest BCUT2D eigenvalue weighted by molar-refractivity contribution is 9.11. The molecule has 0 aliphatic heterocycles. The molecule has 0 bridgehead atoms. The third-order valence-electron chi connectivity index (χ3n) is 2.36. The summed E-state index contributed by atoms with van der Waals surface area (Å²) in [7, 11) is 0. The molecule has 0 N–H and O–H groups in total. The largest absolute Gasteiger partial charge is 0.298 e. The number of aldehydes is 1. The summed E-state index contributed by atoms with van der Waals surface area (Å²) >= 11 is 4.99. The Morgan fingerprint density at radius 3 is 2.59 bits per heavy atom. The molecule has 2 rings (SSSR count). The van der Waals surface area contributed by atoms with Crippen molar-refractivity contribution >= 4 is 33.6 Å². The number of hydrogen-bond donors (Lipinski definition) is 0. The number of aromatic nitrogens is 2. The second-order valence-electron chi connectivity index (χ2n) is 4.77. The van der Waals surface area contributed by atoms with Crippen LogP contribution in [0.5, 0.6) is 0 Å². The highest BCUT2D eigenvalue weighted by Crippen LogP contribution is 2.32. The average molecular weight is 313 g/mol. The van der Waals surface area contributed by atoms with Crippen LogP contribution in [0.15, 0.2) is 22.1 Å². The molecule has 2 aromatic rings. The van der Waals surface area contributed by atoms with Crippen LogP contribution < -0.4 is 0 Å². The van der Waals surface area contributed by atoms with Crippen LogP contribution in [-0.4, -0.2) is 16.1 Å². The fourth-order valence-corrected chi connectivity index (χ4v) is 2.84.